The van der Waals surface area contributed by atoms with Crippen molar-refractivity contribution in [2.45, 2.75) is 19.6 Å². The summed E-state index contributed by atoms with van der Waals surface area (Å²) in [6, 6.07) is 6.59. The number of anilines is 1. The molecule has 0 aliphatic carbocycles. The molecule has 25 heavy (non-hydrogen) atoms. The van der Waals surface area contributed by atoms with Crippen molar-refractivity contribution in [3.63, 3.8) is 0 Å². The van der Waals surface area contributed by atoms with Crippen LogP contribution in [0.3, 0.4) is 0 Å². The first-order valence-corrected chi connectivity index (χ1v) is 7.09. The van der Waals surface area contributed by atoms with Gasteiger partial charge in [-0.25, -0.2) is 14.0 Å². The number of aryl methyl sites for hydroxylation is 1. The summed E-state index contributed by atoms with van der Waals surface area (Å²) in [5, 5.41) is 4.68. The highest BCUT2D eigenvalue weighted by Crippen LogP contribution is 2.37. The van der Waals surface area contributed by atoms with Gasteiger partial charge >= 0.3 is 12.2 Å². The summed E-state index contributed by atoms with van der Waals surface area (Å²) in [4.78, 5) is 14.6. The van der Waals surface area contributed by atoms with E-state index >= 15 is 0 Å². The lowest BCUT2D eigenvalue weighted by atomic mass is 10.1. The van der Waals surface area contributed by atoms with Crippen LogP contribution in [0.1, 0.15) is 16.7 Å². The minimum atomic E-state index is -4.70. The summed E-state index contributed by atoms with van der Waals surface area (Å²) < 4.78 is 52.1. The van der Waals surface area contributed by atoms with Gasteiger partial charge in [-0.3, -0.25) is 0 Å². The lowest BCUT2D eigenvalue weighted by Crippen LogP contribution is -2.28. The van der Waals surface area contributed by atoms with Crippen molar-refractivity contribution in [3.05, 3.63) is 70.3 Å². The Morgan fingerprint density at radius 1 is 1.20 bits per heavy atom. The fraction of sp³-hybridized carbons (Fsp3) is 0.176. The van der Waals surface area contributed by atoms with E-state index in [1.54, 1.807) is 19.1 Å². The molecule has 2 N–H and O–H groups in total. The Hall–Kier alpha value is -3.08. The Balaban J connectivity index is 2.05. The predicted octanol–water partition coefficient (Wildman–Crippen LogP) is 5.03. The monoisotopic (exact) mass is 351 g/mol. The molecular weight excluding hydrogens is 338 g/mol. The third kappa shape index (κ3) is 4.70. The molecule has 0 saturated carbocycles. The molecule has 2 aromatic carbocycles. The van der Waals surface area contributed by atoms with Gasteiger partial charge < -0.3 is 10.6 Å². The molecule has 2 amide bonds. The number of amides is 2. The van der Waals surface area contributed by atoms with E-state index in [1.807, 2.05) is 0 Å². The quantitative estimate of drug-likeness (QED) is 0.592. The van der Waals surface area contributed by atoms with E-state index in [4.69, 9.17) is 6.57 Å². The smallest absolute Gasteiger partial charge is 0.334 e. The van der Waals surface area contributed by atoms with E-state index in [-0.39, 0.29) is 12.2 Å². The summed E-state index contributed by atoms with van der Waals surface area (Å²) in [7, 11) is 0. The number of alkyl halides is 3. The van der Waals surface area contributed by atoms with Crippen molar-refractivity contribution in [1.29, 1.82) is 0 Å². The van der Waals surface area contributed by atoms with Crippen LogP contribution in [0.5, 0.6) is 0 Å². The molecule has 0 unspecified atom stereocenters. The molecule has 130 valence electrons. The van der Waals surface area contributed by atoms with E-state index in [0.717, 1.165) is 6.07 Å². The molecule has 0 radical (unpaired) electrons. The minimum absolute atomic E-state index is 0.00922. The highest BCUT2D eigenvalue weighted by molar-refractivity contribution is 5.89. The molecule has 4 nitrogen and oxygen atoms in total. The van der Waals surface area contributed by atoms with E-state index in [1.165, 1.54) is 12.1 Å². The number of urea groups is 1. The number of benzene rings is 2. The maximum absolute atomic E-state index is 13.4. The van der Waals surface area contributed by atoms with Crippen LogP contribution in [0.15, 0.2) is 36.4 Å². The molecule has 2 aromatic rings. The highest BCUT2D eigenvalue weighted by atomic mass is 19.4. The van der Waals surface area contributed by atoms with Crippen molar-refractivity contribution in [2.24, 2.45) is 0 Å². The predicted molar refractivity (Wildman–Crippen MR) is 84.7 cm³/mol. The minimum Gasteiger partial charge on any atom is -0.334 e. The largest absolute Gasteiger partial charge is 0.407 e. The van der Waals surface area contributed by atoms with Crippen LogP contribution in [-0.4, -0.2) is 6.03 Å². The van der Waals surface area contributed by atoms with Gasteiger partial charge in [0, 0.05) is 12.2 Å². The number of halogens is 4. The second kappa shape index (κ2) is 7.21. The molecule has 0 saturated heterocycles. The Labute approximate surface area is 141 Å². The number of nitrogens with one attached hydrogen (secondary N) is 2. The SMILES string of the molecule is [C-]#[N+]c1ccc(NC(=O)NCc2ccc(C)c(F)c2)cc1C(F)(F)F. The van der Waals surface area contributed by atoms with Crippen LogP contribution in [-0.2, 0) is 12.7 Å². The van der Waals surface area contributed by atoms with Crippen LogP contribution in [0, 0.1) is 19.3 Å². The van der Waals surface area contributed by atoms with Crippen LogP contribution < -0.4 is 10.6 Å². The summed E-state index contributed by atoms with van der Waals surface area (Å²) >= 11 is 0. The van der Waals surface area contributed by atoms with Gasteiger partial charge in [0.25, 0.3) is 0 Å². The second-order valence-corrected chi connectivity index (χ2v) is 5.23. The number of hydrogen-bond acceptors (Lipinski definition) is 1. The van der Waals surface area contributed by atoms with Crippen LogP contribution in [0.2, 0.25) is 0 Å². The van der Waals surface area contributed by atoms with Gasteiger partial charge in [0.2, 0.25) is 0 Å². The zero-order valence-electron chi connectivity index (χ0n) is 13.0. The fourth-order valence-corrected chi connectivity index (χ4v) is 2.04. The standard InChI is InChI=1S/C17H13F4N3O/c1-10-3-4-11(7-14(10)18)9-23-16(25)24-12-5-6-15(22-2)13(8-12)17(19,20)21/h3-8H,9H2,1H3,(H2,23,24,25). The number of nitrogens with zero attached hydrogens (tertiary/aromatic N) is 1. The molecular formula is C17H13F4N3O. The molecule has 8 heteroatoms. The maximum Gasteiger partial charge on any atom is 0.407 e. The second-order valence-electron chi connectivity index (χ2n) is 5.23. The molecule has 0 aromatic heterocycles. The van der Waals surface area contributed by atoms with E-state index < -0.39 is 29.3 Å². The average Bonchev–Trinajstić information content (AvgIpc) is 2.55. The topological polar surface area (TPSA) is 45.5 Å². The number of carbonyl (C=O) groups excluding carboxylic acids is 1. The van der Waals surface area contributed by atoms with Gasteiger partial charge in [-0.1, -0.05) is 18.2 Å². The summed E-state index contributed by atoms with van der Waals surface area (Å²) in [6.45, 7) is 8.38. The lowest BCUT2D eigenvalue weighted by molar-refractivity contribution is -0.136. The van der Waals surface area contributed by atoms with E-state index in [9.17, 15) is 22.4 Å². The molecule has 0 aliphatic rings. The van der Waals surface area contributed by atoms with Crippen LogP contribution >= 0.6 is 0 Å². The van der Waals surface area contributed by atoms with Gasteiger partial charge in [-0.15, -0.1) is 0 Å². The Kier molecular flexibility index (Phi) is 5.27. The van der Waals surface area contributed by atoms with Gasteiger partial charge in [0.15, 0.2) is 5.69 Å². The first-order chi connectivity index (χ1) is 11.7. The average molecular weight is 351 g/mol. The number of carbonyl (C=O) groups is 1. The molecule has 0 spiro atoms. The van der Waals surface area contributed by atoms with Crippen LogP contribution in [0.25, 0.3) is 4.85 Å². The van der Waals surface area contributed by atoms with Gasteiger partial charge in [-0.2, -0.15) is 13.2 Å². The Morgan fingerprint density at radius 2 is 1.92 bits per heavy atom. The van der Waals surface area contributed by atoms with Gasteiger partial charge in [0.1, 0.15) is 5.82 Å². The van der Waals surface area contributed by atoms with E-state index in [0.29, 0.717) is 17.2 Å². The third-order valence-corrected chi connectivity index (χ3v) is 3.37. The van der Waals surface area contributed by atoms with Crippen molar-refractivity contribution in [1.82, 2.24) is 5.32 Å². The summed E-state index contributed by atoms with van der Waals surface area (Å²) in [5.74, 6) is -0.413. The first-order valence-electron chi connectivity index (χ1n) is 7.09. The molecule has 0 heterocycles. The third-order valence-electron chi connectivity index (χ3n) is 3.37. The maximum atomic E-state index is 13.4. The zero-order valence-corrected chi connectivity index (χ0v) is 13.0. The Bertz CT molecular complexity index is 841. The molecule has 0 atom stereocenters. The molecule has 2 rings (SSSR count). The number of hydrogen-bond donors (Lipinski definition) is 2. The van der Waals surface area contributed by atoms with Crippen molar-refractivity contribution in [2.75, 3.05) is 5.32 Å². The van der Waals surface area contributed by atoms with Crippen molar-refractivity contribution in [3.8, 4) is 0 Å². The molecule has 0 bridgehead atoms. The van der Waals surface area contributed by atoms with Crippen molar-refractivity contribution < 1.29 is 22.4 Å². The normalized spacial score (nSPS) is 10.9. The molecule has 0 fully saturated rings. The van der Waals surface area contributed by atoms with Gasteiger partial charge in [0.05, 0.1) is 12.1 Å². The zero-order chi connectivity index (χ0) is 18.6. The van der Waals surface area contributed by atoms with Crippen molar-refractivity contribution >= 4 is 17.4 Å². The van der Waals surface area contributed by atoms with Crippen LogP contribution in [0.4, 0.5) is 33.7 Å². The Morgan fingerprint density at radius 3 is 2.52 bits per heavy atom. The summed E-state index contributed by atoms with van der Waals surface area (Å²) in [5.41, 5.74) is -0.799. The first kappa shape index (κ1) is 18.3. The fourth-order valence-electron chi connectivity index (χ4n) is 2.04. The number of rotatable bonds is 3. The highest BCUT2D eigenvalue weighted by Gasteiger charge is 2.33. The summed E-state index contributed by atoms with van der Waals surface area (Å²) in [6.07, 6.45) is -4.70. The lowest BCUT2D eigenvalue weighted by Gasteiger charge is -2.12. The van der Waals surface area contributed by atoms with Gasteiger partial charge in [-0.05, 0) is 36.2 Å². The molecule has 0 aliphatic heterocycles. The van der Waals surface area contributed by atoms with E-state index in [2.05, 4.69) is 15.5 Å².